The van der Waals surface area contributed by atoms with Gasteiger partial charge in [-0.3, -0.25) is 0 Å². The van der Waals surface area contributed by atoms with Crippen molar-refractivity contribution in [2.45, 2.75) is 52.1 Å². The van der Waals surface area contributed by atoms with E-state index in [0.717, 1.165) is 12.1 Å². The van der Waals surface area contributed by atoms with Gasteiger partial charge >= 0.3 is 0 Å². The maximum atomic E-state index is 10.2. The van der Waals surface area contributed by atoms with E-state index in [1.165, 1.54) is 32.1 Å². The van der Waals surface area contributed by atoms with Crippen molar-refractivity contribution < 1.29 is 4.57 Å². The summed E-state index contributed by atoms with van der Waals surface area (Å²) in [6, 6.07) is 3.92. The Bertz CT molecular complexity index is 313. The molecular weight excluding hydrogens is 200 g/mol. The minimum atomic E-state index is 0.274. The fraction of sp³-hybridized carbons (Fsp3) is 0.615. The summed E-state index contributed by atoms with van der Waals surface area (Å²) in [7, 11) is 0. The van der Waals surface area contributed by atoms with Crippen LogP contribution in [0.25, 0.3) is 0 Å². The molecule has 0 radical (unpaired) electrons. The van der Waals surface area contributed by atoms with E-state index >= 15 is 0 Å². The van der Waals surface area contributed by atoms with E-state index in [9.17, 15) is 4.91 Å². The van der Waals surface area contributed by atoms with Crippen LogP contribution in [0.1, 0.15) is 44.6 Å². The van der Waals surface area contributed by atoms with Crippen LogP contribution in [0.5, 0.6) is 0 Å². The molecule has 0 spiro atoms. The maximum Gasteiger partial charge on any atom is 0.173 e. The molecular formula is C13H21N2O+. The molecule has 16 heavy (non-hydrogen) atoms. The van der Waals surface area contributed by atoms with E-state index in [2.05, 4.69) is 16.7 Å². The highest BCUT2D eigenvalue weighted by Gasteiger charge is 2.02. The molecule has 0 aliphatic heterocycles. The van der Waals surface area contributed by atoms with Gasteiger partial charge in [0.1, 0.15) is 13.1 Å². The number of unbranched alkanes of at least 4 members (excludes halogenated alkanes) is 4. The van der Waals surface area contributed by atoms with Crippen LogP contribution in [0.4, 0.5) is 0 Å². The van der Waals surface area contributed by atoms with Gasteiger partial charge in [-0.25, -0.2) is 4.57 Å². The Morgan fingerprint density at radius 3 is 2.81 bits per heavy atom. The third-order valence-electron chi connectivity index (χ3n) is 2.69. The van der Waals surface area contributed by atoms with Gasteiger partial charge in [-0.05, 0) is 12.5 Å². The lowest BCUT2D eigenvalue weighted by molar-refractivity contribution is -0.697. The summed E-state index contributed by atoms with van der Waals surface area (Å²) in [5.41, 5.74) is 0.992. The van der Waals surface area contributed by atoms with Crippen molar-refractivity contribution in [1.82, 2.24) is 0 Å². The van der Waals surface area contributed by atoms with Gasteiger partial charge in [-0.15, -0.1) is 0 Å². The van der Waals surface area contributed by atoms with Gasteiger partial charge in [0.15, 0.2) is 12.4 Å². The van der Waals surface area contributed by atoms with E-state index in [-0.39, 0.29) is 6.54 Å². The number of aromatic nitrogens is 1. The normalized spacial score (nSPS) is 10.3. The smallest absolute Gasteiger partial charge is 0.173 e. The second kappa shape index (κ2) is 7.97. The molecule has 1 rings (SSSR count). The highest BCUT2D eigenvalue weighted by molar-refractivity contribution is 5.04. The summed E-state index contributed by atoms with van der Waals surface area (Å²) in [5, 5.41) is 2.90. The topological polar surface area (TPSA) is 33.3 Å². The number of nitroso groups, excluding NO2 is 1. The first-order chi connectivity index (χ1) is 7.86. The fourth-order valence-corrected chi connectivity index (χ4v) is 1.78. The lowest BCUT2D eigenvalue weighted by Gasteiger charge is -1.99. The molecule has 0 N–H and O–H groups in total. The molecule has 0 aliphatic carbocycles. The van der Waals surface area contributed by atoms with Crippen LogP contribution in [-0.2, 0) is 13.1 Å². The molecule has 0 bridgehead atoms. The zero-order valence-corrected chi connectivity index (χ0v) is 10.1. The molecule has 0 saturated carbocycles. The van der Waals surface area contributed by atoms with Crippen LogP contribution in [0, 0.1) is 4.91 Å². The van der Waals surface area contributed by atoms with E-state index in [1.807, 2.05) is 24.5 Å². The molecule has 1 heterocycles. The summed E-state index contributed by atoms with van der Waals surface area (Å²) in [6.07, 6.45) is 10.5. The molecule has 0 atom stereocenters. The van der Waals surface area contributed by atoms with Crippen molar-refractivity contribution >= 4 is 0 Å². The molecule has 88 valence electrons. The van der Waals surface area contributed by atoms with Crippen molar-refractivity contribution in [3.05, 3.63) is 35.0 Å². The third-order valence-corrected chi connectivity index (χ3v) is 2.69. The number of hydrogen-bond acceptors (Lipinski definition) is 2. The Morgan fingerprint density at radius 1 is 1.25 bits per heavy atom. The maximum absolute atomic E-state index is 10.2. The van der Waals surface area contributed by atoms with Gasteiger partial charge in [0.2, 0.25) is 0 Å². The molecule has 0 saturated heterocycles. The minimum Gasteiger partial charge on any atom is -0.205 e. The van der Waals surface area contributed by atoms with Crippen LogP contribution in [0.3, 0.4) is 0 Å². The molecule has 1 aromatic rings. The first kappa shape index (κ1) is 12.8. The molecule has 0 aromatic carbocycles. The summed E-state index contributed by atoms with van der Waals surface area (Å²) in [5.74, 6) is 0. The first-order valence-corrected chi connectivity index (χ1v) is 6.14. The Labute approximate surface area is 97.5 Å². The predicted octanol–water partition coefficient (Wildman–Crippen LogP) is 3.21. The predicted molar refractivity (Wildman–Crippen MR) is 64.9 cm³/mol. The van der Waals surface area contributed by atoms with Gasteiger partial charge < -0.3 is 0 Å². The minimum absolute atomic E-state index is 0.274. The summed E-state index contributed by atoms with van der Waals surface area (Å²) < 4.78 is 2.15. The highest BCUT2D eigenvalue weighted by Crippen LogP contribution is 2.02. The third kappa shape index (κ3) is 5.01. The Kier molecular flexibility index (Phi) is 6.38. The van der Waals surface area contributed by atoms with E-state index in [4.69, 9.17) is 0 Å². The molecule has 0 aliphatic rings. The van der Waals surface area contributed by atoms with Crippen molar-refractivity contribution in [2.75, 3.05) is 0 Å². The molecule has 0 unspecified atom stereocenters. The monoisotopic (exact) mass is 221 g/mol. The SMILES string of the molecule is CCCCCCC[n+]1cccc(CN=O)c1. The first-order valence-electron chi connectivity index (χ1n) is 6.14. The van der Waals surface area contributed by atoms with Crippen LogP contribution >= 0.6 is 0 Å². The lowest BCUT2D eigenvalue weighted by Crippen LogP contribution is -2.33. The van der Waals surface area contributed by atoms with E-state index < -0.39 is 0 Å². The number of pyridine rings is 1. The highest BCUT2D eigenvalue weighted by atomic mass is 16.3. The quantitative estimate of drug-likeness (QED) is 0.377. The van der Waals surface area contributed by atoms with Crippen molar-refractivity contribution in [3.63, 3.8) is 0 Å². The molecule has 0 amide bonds. The van der Waals surface area contributed by atoms with Gasteiger partial charge in [0, 0.05) is 18.1 Å². The Balaban J connectivity index is 2.30. The second-order valence-electron chi connectivity index (χ2n) is 4.15. The zero-order chi connectivity index (χ0) is 11.6. The fourth-order valence-electron chi connectivity index (χ4n) is 1.78. The van der Waals surface area contributed by atoms with Crippen molar-refractivity contribution in [3.8, 4) is 0 Å². The molecule has 3 nitrogen and oxygen atoms in total. The van der Waals surface area contributed by atoms with Gasteiger partial charge in [0.05, 0.1) is 0 Å². The number of rotatable bonds is 8. The summed E-state index contributed by atoms with van der Waals surface area (Å²) in [6.45, 7) is 3.54. The Morgan fingerprint density at radius 2 is 2.06 bits per heavy atom. The van der Waals surface area contributed by atoms with Crippen LogP contribution < -0.4 is 4.57 Å². The van der Waals surface area contributed by atoms with Gasteiger partial charge in [0.25, 0.3) is 0 Å². The number of hydrogen-bond donors (Lipinski definition) is 0. The largest absolute Gasteiger partial charge is 0.205 e. The molecule has 1 aromatic heterocycles. The zero-order valence-electron chi connectivity index (χ0n) is 10.1. The van der Waals surface area contributed by atoms with Crippen LogP contribution in [0.2, 0.25) is 0 Å². The van der Waals surface area contributed by atoms with Crippen LogP contribution in [-0.4, -0.2) is 0 Å². The molecule has 0 fully saturated rings. The van der Waals surface area contributed by atoms with Gasteiger partial charge in [-0.1, -0.05) is 31.4 Å². The van der Waals surface area contributed by atoms with Crippen molar-refractivity contribution in [2.24, 2.45) is 5.18 Å². The van der Waals surface area contributed by atoms with E-state index in [1.54, 1.807) is 0 Å². The number of nitrogens with zero attached hydrogens (tertiary/aromatic N) is 2. The average Bonchev–Trinajstić information content (AvgIpc) is 2.30. The van der Waals surface area contributed by atoms with Gasteiger partial charge in [-0.2, -0.15) is 4.91 Å². The number of aryl methyl sites for hydroxylation is 1. The second-order valence-corrected chi connectivity index (χ2v) is 4.15. The standard InChI is InChI=1S/C13H21N2O/c1-2-3-4-5-6-9-15-10-7-8-13(12-15)11-14-16/h7-8,10,12H,2-6,9,11H2,1H3/q+1. The average molecular weight is 221 g/mol. The van der Waals surface area contributed by atoms with E-state index in [0.29, 0.717) is 0 Å². The molecule has 3 heteroatoms. The Hall–Kier alpha value is -1.25. The summed E-state index contributed by atoms with van der Waals surface area (Å²) in [4.78, 5) is 10.2. The summed E-state index contributed by atoms with van der Waals surface area (Å²) >= 11 is 0. The van der Waals surface area contributed by atoms with Crippen LogP contribution in [0.15, 0.2) is 29.7 Å². The lowest BCUT2D eigenvalue weighted by atomic mass is 10.1. The van der Waals surface area contributed by atoms with Crippen molar-refractivity contribution in [1.29, 1.82) is 0 Å².